The fourth-order valence-electron chi connectivity index (χ4n) is 3.20. The van der Waals surface area contributed by atoms with Crippen LogP contribution in [0.25, 0.3) is 0 Å². The molecule has 1 saturated heterocycles. The highest BCUT2D eigenvalue weighted by atomic mass is 16.2. The smallest absolute Gasteiger partial charge is 0.319 e. The van der Waals surface area contributed by atoms with Crippen LogP contribution < -0.4 is 10.6 Å². The molecular weight excluding hydrogens is 370 g/mol. The Hall–Kier alpha value is -3.16. The zero-order valence-corrected chi connectivity index (χ0v) is 17.7. The van der Waals surface area contributed by atoms with E-state index in [-0.39, 0.29) is 12.0 Å². The summed E-state index contributed by atoms with van der Waals surface area (Å²) in [4.78, 5) is 38.9. The summed E-state index contributed by atoms with van der Waals surface area (Å²) >= 11 is 0. The molecule has 2 N–H and O–H groups in total. The number of nitrogens with zero attached hydrogens (tertiary/aromatic N) is 3. The number of hydrogen-bond donors (Lipinski definition) is 2. The Labute approximate surface area is 170 Å². The molecule has 1 fully saturated rings. The number of benzene rings is 1. The van der Waals surface area contributed by atoms with Gasteiger partial charge in [0.05, 0.1) is 5.69 Å². The quantitative estimate of drug-likeness (QED) is 0.775. The van der Waals surface area contributed by atoms with Crippen LogP contribution in [-0.2, 0) is 27.6 Å². The highest BCUT2D eigenvalue weighted by Crippen LogP contribution is 2.29. The highest BCUT2D eigenvalue weighted by Gasteiger charge is 2.49. The van der Waals surface area contributed by atoms with Gasteiger partial charge in [-0.1, -0.05) is 50.6 Å². The molecule has 1 aliphatic rings. The van der Waals surface area contributed by atoms with E-state index in [1.807, 2.05) is 39.8 Å². The second kappa shape index (κ2) is 7.02. The summed E-state index contributed by atoms with van der Waals surface area (Å²) in [6.45, 7) is 9.30. The molecule has 1 aromatic heterocycles. The van der Waals surface area contributed by atoms with Crippen molar-refractivity contribution in [3.63, 3.8) is 0 Å². The summed E-state index contributed by atoms with van der Waals surface area (Å²) < 4.78 is 1.57. The summed E-state index contributed by atoms with van der Waals surface area (Å²) in [6, 6.07) is 8.57. The summed E-state index contributed by atoms with van der Waals surface area (Å²) in [6.07, 6.45) is 0. The number of aromatic nitrogens is 2. The minimum absolute atomic E-state index is 0.165. The Kier molecular flexibility index (Phi) is 4.98. The monoisotopic (exact) mass is 397 g/mol. The first-order valence-electron chi connectivity index (χ1n) is 9.47. The summed E-state index contributed by atoms with van der Waals surface area (Å²) in [7, 11) is 1.73. The van der Waals surface area contributed by atoms with E-state index in [0.717, 1.165) is 16.2 Å². The molecule has 0 saturated carbocycles. The maximum absolute atomic E-state index is 13.0. The number of imide groups is 1. The molecule has 3 rings (SSSR count). The maximum atomic E-state index is 13.0. The fourth-order valence-corrected chi connectivity index (χ4v) is 3.20. The molecule has 0 radical (unpaired) electrons. The van der Waals surface area contributed by atoms with Gasteiger partial charge in [0.25, 0.3) is 5.91 Å². The van der Waals surface area contributed by atoms with Gasteiger partial charge >= 0.3 is 6.03 Å². The van der Waals surface area contributed by atoms with Gasteiger partial charge in [-0.2, -0.15) is 5.10 Å². The number of rotatable bonds is 4. The summed E-state index contributed by atoms with van der Waals surface area (Å²) in [5, 5.41) is 9.85. The lowest BCUT2D eigenvalue weighted by molar-refractivity contribution is -0.133. The second-order valence-electron chi connectivity index (χ2n) is 8.65. The number of urea groups is 1. The predicted octanol–water partition coefficient (Wildman–Crippen LogP) is 2.43. The van der Waals surface area contributed by atoms with Crippen LogP contribution in [0, 0.1) is 6.92 Å². The van der Waals surface area contributed by atoms with Gasteiger partial charge < -0.3 is 10.6 Å². The Bertz CT molecular complexity index is 971. The van der Waals surface area contributed by atoms with Crippen LogP contribution in [-0.4, -0.2) is 39.1 Å². The van der Waals surface area contributed by atoms with Gasteiger partial charge in [0.2, 0.25) is 5.91 Å². The van der Waals surface area contributed by atoms with E-state index in [2.05, 4.69) is 15.7 Å². The van der Waals surface area contributed by atoms with Crippen molar-refractivity contribution in [3.8, 4) is 0 Å². The second-order valence-corrected chi connectivity index (χ2v) is 8.65. The van der Waals surface area contributed by atoms with Gasteiger partial charge in [0.1, 0.15) is 17.9 Å². The first kappa shape index (κ1) is 20.6. The van der Waals surface area contributed by atoms with Crippen LogP contribution in [0.5, 0.6) is 0 Å². The lowest BCUT2D eigenvalue weighted by Crippen LogP contribution is -2.42. The number of anilines is 1. The number of nitrogens with one attached hydrogen (secondary N) is 2. The number of carbonyl (C=O) groups is 3. The van der Waals surface area contributed by atoms with Crippen molar-refractivity contribution in [1.82, 2.24) is 20.0 Å². The van der Waals surface area contributed by atoms with E-state index in [1.54, 1.807) is 36.9 Å². The first-order chi connectivity index (χ1) is 13.4. The van der Waals surface area contributed by atoms with Gasteiger partial charge in [0, 0.05) is 18.5 Å². The van der Waals surface area contributed by atoms with Crippen molar-refractivity contribution in [2.75, 3.05) is 11.9 Å². The van der Waals surface area contributed by atoms with Gasteiger partial charge in [0.15, 0.2) is 0 Å². The Morgan fingerprint density at radius 1 is 1.21 bits per heavy atom. The molecule has 0 bridgehead atoms. The van der Waals surface area contributed by atoms with Gasteiger partial charge in [-0.25, -0.2) is 4.79 Å². The molecule has 1 aliphatic heterocycles. The van der Waals surface area contributed by atoms with E-state index >= 15 is 0 Å². The summed E-state index contributed by atoms with van der Waals surface area (Å²) in [5.74, 6) is -0.416. The average molecular weight is 397 g/mol. The van der Waals surface area contributed by atoms with Crippen molar-refractivity contribution in [3.05, 3.63) is 47.2 Å². The molecule has 0 aliphatic carbocycles. The minimum Gasteiger partial charge on any atom is -0.319 e. The van der Waals surface area contributed by atoms with Crippen LogP contribution >= 0.6 is 0 Å². The molecule has 4 amide bonds. The van der Waals surface area contributed by atoms with Crippen LogP contribution in [0.15, 0.2) is 30.3 Å². The van der Waals surface area contributed by atoms with E-state index in [4.69, 9.17) is 0 Å². The molecule has 1 aromatic carbocycles. The lowest BCUT2D eigenvalue weighted by atomic mass is 9.91. The van der Waals surface area contributed by atoms with Crippen molar-refractivity contribution in [2.24, 2.45) is 7.05 Å². The van der Waals surface area contributed by atoms with Crippen molar-refractivity contribution >= 4 is 23.7 Å². The van der Waals surface area contributed by atoms with Crippen LogP contribution in [0.3, 0.4) is 0 Å². The molecule has 2 aromatic rings. The predicted molar refractivity (Wildman–Crippen MR) is 109 cm³/mol. The first-order valence-corrected chi connectivity index (χ1v) is 9.47. The number of aryl methyl sites for hydroxylation is 2. The fraction of sp³-hybridized carbons (Fsp3) is 0.429. The maximum Gasteiger partial charge on any atom is 0.325 e. The topological polar surface area (TPSA) is 96.3 Å². The van der Waals surface area contributed by atoms with E-state index in [9.17, 15) is 14.4 Å². The number of hydrogen-bond acceptors (Lipinski definition) is 4. The van der Waals surface area contributed by atoms with Crippen LogP contribution in [0.4, 0.5) is 10.6 Å². The molecule has 2 heterocycles. The summed E-state index contributed by atoms with van der Waals surface area (Å²) in [5.41, 5.74) is 1.19. The molecule has 8 nitrogen and oxygen atoms in total. The van der Waals surface area contributed by atoms with E-state index in [0.29, 0.717) is 11.4 Å². The van der Waals surface area contributed by atoms with Crippen molar-refractivity contribution in [1.29, 1.82) is 0 Å². The third kappa shape index (κ3) is 3.87. The zero-order valence-electron chi connectivity index (χ0n) is 17.7. The Morgan fingerprint density at radius 3 is 2.38 bits per heavy atom. The molecule has 154 valence electrons. The Balaban J connectivity index is 1.74. The third-order valence-electron chi connectivity index (χ3n) is 5.12. The van der Waals surface area contributed by atoms with E-state index < -0.39 is 23.4 Å². The molecule has 0 spiro atoms. The normalized spacial score (nSPS) is 19.4. The zero-order chi connectivity index (χ0) is 21.6. The van der Waals surface area contributed by atoms with Gasteiger partial charge in [-0.05, 0) is 19.4 Å². The Morgan fingerprint density at radius 2 is 1.83 bits per heavy atom. The van der Waals surface area contributed by atoms with Gasteiger partial charge in [-0.15, -0.1) is 0 Å². The molecule has 29 heavy (non-hydrogen) atoms. The molecule has 1 unspecified atom stereocenters. The van der Waals surface area contributed by atoms with E-state index in [1.165, 1.54) is 0 Å². The van der Waals surface area contributed by atoms with Crippen molar-refractivity contribution in [2.45, 2.75) is 45.6 Å². The molecule has 1 atom stereocenters. The average Bonchev–Trinajstić information content (AvgIpc) is 3.09. The third-order valence-corrected chi connectivity index (χ3v) is 5.12. The molecule has 8 heteroatoms. The van der Waals surface area contributed by atoms with Crippen LogP contribution in [0.2, 0.25) is 0 Å². The van der Waals surface area contributed by atoms with Crippen molar-refractivity contribution < 1.29 is 14.4 Å². The molecular formula is C21H27N5O3. The number of carbonyl (C=O) groups excluding carboxylic acids is 3. The number of amides is 4. The van der Waals surface area contributed by atoms with Gasteiger partial charge in [-0.3, -0.25) is 19.2 Å². The largest absolute Gasteiger partial charge is 0.325 e. The van der Waals surface area contributed by atoms with Crippen LogP contribution in [0.1, 0.15) is 44.5 Å². The highest BCUT2D eigenvalue weighted by molar-refractivity contribution is 6.10. The lowest BCUT2D eigenvalue weighted by Gasteiger charge is -2.22. The SMILES string of the molecule is Cc1ccc(C2(C)NC(=O)N(CC(=O)Nc3cc(C(C)(C)C)nn3C)C2=O)cc1. The minimum atomic E-state index is -1.20. The standard InChI is InChI=1S/C21H27N5O3/c1-13-7-9-14(10-8-13)21(5)18(28)26(19(29)23-21)12-17(27)22-16-11-15(20(2,3)4)24-25(16)6/h7-11H,12H2,1-6H3,(H,22,27)(H,23,29).